The minimum absolute atomic E-state index is 0.133. The van der Waals surface area contributed by atoms with Gasteiger partial charge in [-0.3, -0.25) is 4.79 Å². The number of anilines is 1. The molecule has 30 heavy (non-hydrogen) atoms. The van der Waals surface area contributed by atoms with Crippen LogP contribution < -0.4 is 10.1 Å². The van der Waals surface area contributed by atoms with E-state index in [4.69, 9.17) is 4.74 Å². The number of hydrogen-bond acceptors (Lipinski definition) is 5. The molecule has 0 spiro atoms. The largest absolute Gasteiger partial charge is 0.481 e. The fourth-order valence-electron chi connectivity index (χ4n) is 4.25. The summed E-state index contributed by atoms with van der Waals surface area (Å²) in [5.41, 5.74) is 0. The molecule has 0 radical (unpaired) electrons. The number of halogens is 3. The molecule has 0 bridgehead atoms. The normalized spacial score (nSPS) is 23.0. The van der Waals surface area contributed by atoms with Crippen molar-refractivity contribution in [2.45, 2.75) is 50.8 Å². The van der Waals surface area contributed by atoms with Gasteiger partial charge in [0.1, 0.15) is 23.9 Å². The molecule has 1 aromatic heterocycles. The Morgan fingerprint density at radius 1 is 1.23 bits per heavy atom. The smallest absolute Gasteiger partial charge is 0.263 e. The molecule has 0 unspecified atom stereocenters. The molecule has 1 fully saturated rings. The number of piperidine rings is 1. The van der Waals surface area contributed by atoms with Gasteiger partial charge in [-0.25, -0.2) is 17.9 Å². The number of carbonyl (C=O) groups excluding carboxylic acids is 1. The summed E-state index contributed by atoms with van der Waals surface area (Å²) in [7, 11) is 0. The van der Waals surface area contributed by atoms with Crippen molar-refractivity contribution in [1.82, 2.24) is 19.7 Å². The van der Waals surface area contributed by atoms with Crippen LogP contribution in [0.4, 0.5) is 19.1 Å². The molecule has 1 amide bonds. The van der Waals surface area contributed by atoms with E-state index < -0.39 is 18.6 Å². The highest BCUT2D eigenvalue weighted by molar-refractivity contribution is 5.81. The number of fused-ring (bicyclic) bond motifs is 1. The van der Waals surface area contributed by atoms with Crippen LogP contribution in [0.15, 0.2) is 30.6 Å². The molecule has 0 aliphatic carbocycles. The fraction of sp³-hybridized carbons (Fsp3) is 0.550. The van der Waals surface area contributed by atoms with Crippen LogP contribution in [0.3, 0.4) is 0 Å². The highest BCUT2D eigenvalue weighted by Crippen LogP contribution is 2.35. The lowest BCUT2D eigenvalue weighted by Crippen LogP contribution is -2.48. The van der Waals surface area contributed by atoms with Crippen molar-refractivity contribution >= 4 is 11.9 Å². The molecule has 4 rings (SSSR count). The maximum atomic E-state index is 13.5. The second kappa shape index (κ2) is 8.53. The first-order valence-corrected chi connectivity index (χ1v) is 10.1. The van der Waals surface area contributed by atoms with Crippen LogP contribution in [0.5, 0.6) is 5.75 Å². The molecule has 7 nitrogen and oxygen atoms in total. The number of ether oxygens (including phenoxy) is 1. The van der Waals surface area contributed by atoms with Crippen LogP contribution in [-0.4, -0.2) is 57.2 Å². The van der Waals surface area contributed by atoms with E-state index in [0.29, 0.717) is 37.6 Å². The van der Waals surface area contributed by atoms with E-state index in [-0.39, 0.29) is 30.1 Å². The molecule has 1 N–H and O–H groups in total. The van der Waals surface area contributed by atoms with Crippen molar-refractivity contribution < 1.29 is 22.7 Å². The minimum Gasteiger partial charge on any atom is -0.481 e. The van der Waals surface area contributed by atoms with Crippen molar-refractivity contribution in [2.24, 2.45) is 5.92 Å². The maximum Gasteiger partial charge on any atom is 0.263 e. The van der Waals surface area contributed by atoms with E-state index in [2.05, 4.69) is 15.4 Å². The summed E-state index contributed by atoms with van der Waals surface area (Å²) in [5, 5.41) is 7.14. The number of benzene rings is 1. The van der Waals surface area contributed by atoms with Crippen LogP contribution in [-0.2, 0) is 4.79 Å². The lowest BCUT2D eigenvalue weighted by Gasteiger charge is -2.40. The van der Waals surface area contributed by atoms with Gasteiger partial charge in [0.05, 0.1) is 0 Å². The summed E-state index contributed by atoms with van der Waals surface area (Å²) >= 11 is 0. The van der Waals surface area contributed by atoms with Gasteiger partial charge in [-0.05, 0) is 56.4 Å². The Balaban J connectivity index is 1.32. The van der Waals surface area contributed by atoms with E-state index in [1.54, 1.807) is 11.8 Å². The van der Waals surface area contributed by atoms with Gasteiger partial charge in [-0.2, -0.15) is 10.1 Å². The lowest BCUT2D eigenvalue weighted by atomic mass is 9.85. The molecule has 2 aliphatic rings. The number of hydrogen-bond donors (Lipinski definition) is 1. The van der Waals surface area contributed by atoms with Crippen molar-refractivity contribution in [1.29, 1.82) is 0 Å². The third kappa shape index (κ3) is 4.22. The van der Waals surface area contributed by atoms with Gasteiger partial charge in [0.25, 0.3) is 12.3 Å². The zero-order valence-corrected chi connectivity index (χ0v) is 16.5. The van der Waals surface area contributed by atoms with E-state index >= 15 is 0 Å². The highest BCUT2D eigenvalue weighted by Gasteiger charge is 2.39. The van der Waals surface area contributed by atoms with Gasteiger partial charge in [0.2, 0.25) is 5.95 Å². The predicted octanol–water partition coefficient (Wildman–Crippen LogP) is 3.11. The third-order valence-corrected chi connectivity index (χ3v) is 5.88. The average molecular weight is 423 g/mol. The third-order valence-electron chi connectivity index (χ3n) is 5.88. The van der Waals surface area contributed by atoms with E-state index in [1.807, 2.05) is 0 Å². The van der Waals surface area contributed by atoms with Crippen molar-refractivity contribution in [3.8, 4) is 5.75 Å². The molecule has 1 aromatic carbocycles. The Hall–Kier alpha value is -2.78. The number of likely N-dealkylation sites (tertiary alicyclic amines) is 1. The monoisotopic (exact) mass is 423 g/mol. The molecule has 3 heterocycles. The Bertz CT molecular complexity index is 868. The second-order valence-corrected chi connectivity index (χ2v) is 7.79. The summed E-state index contributed by atoms with van der Waals surface area (Å²) in [5.74, 6) is 0.456. The predicted molar refractivity (Wildman–Crippen MR) is 103 cm³/mol. The molecule has 10 heteroatoms. The summed E-state index contributed by atoms with van der Waals surface area (Å²) in [4.78, 5) is 18.5. The van der Waals surface area contributed by atoms with Crippen molar-refractivity contribution in [2.75, 3.05) is 18.4 Å². The first-order valence-electron chi connectivity index (χ1n) is 10.1. The van der Waals surface area contributed by atoms with Crippen molar-refractivity contribution in [3.63, 3.8) is 0 Å². The van der Waals surface area contributed by atoms with Crippen LogP contribution in [0.25, 0.3) is 0 Å². The number of amides is 1. The molecule has 1 saturated heterocycles. The number of rotatable bonds is 5. The molecule has 162 valence electrons. The molecule has 0 saturated carbocycles. The van der Waals surface area contributed by atoms with Gasteiger partial charge < -0.3 is 15.0 Å². The van der Waals surface area contributed by atoms with E-state index in [1.165, 1.54) is 35.3 Å². The molecule has 2 aromatic rings. The van der Waals surface area contributed by atoms with Crippen LogP contribution >= 0.6 is 0 Å². The quantitative estimate of drug-likeness (QED) is 0.800. The zero-order chi connectivity index (χ0) is 21.3. The fourth-order valence-corrected chi connectivity index (χ4v) is 4.25. The van der Waals surface area contributed by atoms with Gasteiger partial charge in [-0.1, -0.05) is 0 Å². The van der Waals surface area contributed by atoms with Gasteiger partial charge in [-0.15, -0.1) is 0 Å². The summed E-state index contributed by atoms with van der Waals surface area (Å²) in [6.07, 6.45) is -0.239. The molecular weight excluding hydrogens is 399 g/mol. The number of nitrogens with one attached hydrogen (secondary N) is 1. The standard InChI is InChI=1S/C20H24F3N5O2/c1-12(30-15-4-2-14(21)3-5-15)19(29)27-8-6-13(7-9-27)16-10-17(18(22)23)28-20(26-16)24-11-25-28/h2-5,11-13,16-18H,6-10H2,1H3,(H,24,25,26)/t12-,16-,17+/m0/s1. The summed E-state index contributed by atoms with van der Waals surface area (Å²) in [6, 6.07) is 4.41. The topological polar surface area (TPSA) is 72.3 Å². The van der Waals surface area contributed by atoms with Crippen LogP contribution in [0, 0.1) is 11.7 Å². The van der Waals surface area contributed by atoms with Crippen LogP contribution in [0.2, 0.25) is 0 Å². The first-order chi connectivity index (χ1) is 14.4. The average Bonchev–Trinajstić information content (AvgIpc) is 3.22. The second-order valence-electron chi connectivity index (χ2n) is 7.79. The Morgan fingerprint density at radius 2 is 1.93 bits per heavy atom. The van der Waals surface area contributed by atoms with E-state index in [0.717, 1.165) is 0 Å². The van der Waals surface area contributed by atoms with Gasteiger partial charge in [0, 0.05) is 19.1 Å². The highest BCUT2D eigenvalue weighted by atomic mass is 19.3. The zero-order valence-electron chi connectivity index (χ0n) is 16.5. The Kier molecular flexibility index (Phi) is 5.83. The van der Waals surface area contributed by atoms with Gasteiger partial charge in [0.15, 0.2) is 6.10 Å². The Labute approximate surface area is 172 Å². The van der Waals surface area contributed by atoms with E-state index in [9.17, 15) is 18.0 Å². The summed E-state index contributed by atoms with van der Waals surface area (Å²) < 4.78 is 46.8. The maximum absolute atomic E-state index is 13.5. The molecule has 3 atom stereocenters. The van der Waals surface area contributed by atoms with Gasteiger partial charge >= 0.3 is 0 Å². The number of alkyl halides is 2. The SMILES string of the molecule is C[C@H](Oc1ccc(F)cc1)C(=O)N1CCC([C@@H]2C[C@H](C(F)F)n3ncnc3N2)CC1. The van der Waals surface area contributed by atoms with Crippen LogP contribution in [0.1, 0.15) is 32.2 Å². The summed E-state index contributed by atoms with van der Waals surface area (Å²) in [6.45, 7) is 2.73. The number of nitrogens with zero attached hydrogens (tertiary/aromatic N) is 4. The molecular formula is C20H24F3N5O2. The minimum atomic E-state index is -2.51. The number of carbonyl (C=O) groups is 1. The first kappa shape index (κ1) is 20.5. The number of aromatic nitrogens is 3. The lowest BCUT2D eigenvalue weighted by molar-refractivity contribution is -0.139. The molecule has 2 aliphatic heterocycles. The Morgan fingerprint density at radius 3 is 2.60 bits per heavy atom. The van der Waals surface area contributed by atoms with Crippen molar-refractivity contribution in [3.05, 3.63) is 36.4 Å².